The molecule has 0 amide bonds. The number of aliphatic hydroxyl groups excluding tert-OH is 1. The van der Waals surface area contributed by atoms with Crippen LogP contribution in [0.25, 0.3) is 17.1 Å². The van der Waals surface area contributed by atoms with Crippen LogP contribution in [-0.4, -0.2) is 26.5 Å². The largest absolute Gasteiger partial charge is 0.369 e. The van der Waals surface area contributed by atoms with E-state index in [4.69, 9.17) is 5.26 Å². The van der Waals surface area contributed by atoms with Gasteiger partial charge in [0.1, 0.15) is 6.07 Å². The van der Waals surface area contributed by atoms with Gasteiger partial charge in [0.2, 0.25) is 0 Å². The van der Waals surface area contributed by atoms with E-state index in [1.165, 1.54) is 28.4 Å². The van der Waals surface area contributed by atoms with Crippen LogP contribution in [0, 0.1) is 18.3 Å². The smallest absolute Gasteiger partial charge is 0.163 e. The highest BCUT2D eigenvalue weighted by atomic mass is 32.2. The highest BCUT2D eigenvalue weighted by molar-refractivity contribution is 8.17. The van der Waals surface area contributed by atoms with Crippen molar-refractivity contribution in [2.45, 2.75) is 19.7 Å². The SMILES string of the molecule is Cc1ccsc1CN=C1NC(O)/C(=C/c2ccc3ncc(C#N)cc3n2)S1. The molecule has 6 nitrogen and oxygen atoms in total. The third-order valence-corrected chi connectivity index (χ3v) is 6.08. The Balaban J connectivity index is 1.56. The van der Waals surface area contributed by atoms with Gasteiger partial charge in [-0.3, -0.25) is 9.98 Å². The van der Waals surface area contributed by atoms with Crippen molar-refractivity contribution in [2.24, 2.45) is 4.99 Å². The number of aromatic nitrogens is 2. The molecule has 0 saturated carbocycles. The van der Waals surface area contributed by atoms with Crippen LogP contribution in [0.3, 0.4) is 0 Å². The van der Waals surface area contributed by atoms with Gasteiger partial charge in [0.05, 0.1) is 28.8 Å². The Morgan fingerprint density at radius 2 is 2.26 bits per heavy atom. The Kier molecular flexibility index (Phi) is 4.90. The van der Waals surface area contributed by atoms with Crippen molar-refractivity contribution >= 4 is 45.4 Å². The Hall–Kier alpha value is -2.73. The van der Waals surface area contributed by atoms with E-state index in [0.29, 0.717) is 28.5 Å². The van der Waals surface area contributed by atoms with E-state index >= 15 is 0 Å². The zero-order chi connectivity index (χ0) is 18.8. The first-order chi connectivity index (χ1) is 13.1. The van der Waals surface area contributed by atoms with Crippen LogP contribution in [0.4, 0.5) is 0 Å². The summed E-state index contributed by atoms with van der Waals surface area (Å²) >= 11 is 3.08. The van der Waals surface area contributed by atoms with Crippen molar-refractivity contribution < 1.29 is 5.11 Å². The molecule has 8 heteroatoms. The van der Waals surface area contributed by atoms with E-state index in [1.54, 1.807) is 17.4 Å². The molecule has 27 heavy (non-hydrogen) atoms. The molecule has 3 aromatic rings. The number of hydrogen-bond donors (Lipinski definition) is 2. The standard InChI is InChI=1S/C19H15N5OS2/c1-11-4-5-26-17(11)10-22-19-24-18(25)16(27-19)7-13-2-3-14-15(23-13)6-12(8-20)9-21-14/h2-7,9,18,25H,10H2,1H3,(H,22,24)/b16-7-. The van der Waals surface area contributed by atoms with Gasteiger partial charge in [-0.05, 0) is 48.2 Å². The number of aliphatic imine (C=N–C) groups is 1. The van der Waals surface area contributed by atoms with Crippen LogP contribution in [0.5, 0.6) is 0 Å². The number of aryl methyl sites for hydroxylation is 1. The van der Waals surface area contributed by atoms with Gasteiger partial charge in [-0.2, -0.15) is 5.26 Å². The zero-order valence-electron chi connectivity index (χ0n) is 14.4. The average molecular weight is 393 g/mol. The summed E-state index contributed by atoms with van der Waals surface area (Å²) in [5.41, 5.74) is 3.76. The maximum atomic E-state index is 10.3. The molecule has 134 valence electrons. The summed E-state index contributed by atoms with van der Waals surface area (Å²) in [5, 5.41) is 25.0. The Morgan fingerprint density at radius 1 is 1.37 bits per heavy atom. The van der Waals surface area contributed by atoms with E-state index in [0.717, 1.165) is 10.4 Å². The van der Waals surface area contributed by atoms with E-state index in [1.807, 2.05) is 18.2 Å². The lowest BCUT2D eigenvalue weighted by atomic mass is 10.2. The van der Waals surface area contributed by atoms with Crippen molar-refractivity contribution in [1.82, 2.24) is 15.3 Å². The van der Waals surface area contributed by atoms with E-state index in [9.17, 15) is 5.11 Å². The van der Waals surface area contributed by atoms with Crippen molar-refractivity contribution in [2.75, 3.05) is 0 Å². The molecule has 1 aliphatic heterocycles. The molecular formula is C19H15N5OS2. The Labute approximate surface area is 164 Å². The fourth-order valence-corrected chi connectivity index (χ4v) is 4.29. The summed E-state index contributed by atoms with van der Waals surface area (Å²) in [5.74, 6) is 0. The minimum atomic E-state index is -0.806. The van der Waals surface area contributed by atoms with Crippen LogP contribution < -0.4 is 5.32 Å². The molecule has 1 unspecified atom stereocenters. The average Bonchev–Trinajstić information content (AvgIpc) is 3.24. The quantitative estimate of drug-likeness (QED) is 0.708. The molecule has 1 fully saturated rings. The summed E-state index contributed by atoms with van der Waals surface area (Å²) in [7, 11) is 0. The van der Waals surface area contributed by atoms with Gasteiger partial charge in [0, 0.05) is 16.0 Å². The maximum absolute atomic E-state index is 10.3. The number of aliphatic hydroxyl groups is 1. The molecule has 1 saturated heterocycles. The number of amidine groups is 1. The van der Waals surface area contributed by atoms with Gasteiger partial charge in [0.25, 0.3) is 0 Å². The number of thioether (sulfide) groups is 1. The summed E-state index contributed by atoms with van der Waals surface area (Å²) in [6.07, 6.45) is 2.54. The number of rotatable bonds is 3. The number of thiophene rings is 1. The van der Waals surface area contributed by atoms with E-state index in [-0.39, 0.29) is 0 Å². The van der Waals surface area contributed by atoms with Crippen molar-refractivity contribution in [3.8, 4) is 6.07 Å². The van der Waals surface area contributed by atoms with Crippen molar-refractivity contribution in [1.29, 1.82) is 5.26 Å². The maximum Gasteiger partial charge on any atom is 0.163 e. The molecule has 2 N–H and O–H groups in total. The normalized spacial score (nSPS) is 19.5. The summed E-state index contributed by atoms with van der Waals surface area (Å²) in [6.45, 7) is 2.66. The molecule has 0 radical (unpaired) electrons. The number of nitrogens with one attached hydrogen (secondary N) is 1. The first kappa shape index (κ1) is 17.7. The first-order valence-corrected chi connectivity index (χ1v) is 9.90. The van der Waals surface area contributed by atoms with Gasteiger partial charge >= 0.3 is 0 Å². The number of nitrogens with zero attached hydrogens (tertiary/aromatic N) is 4. The molecule has 0 spiro atoms. The topological polar surface area (TPSA) is 94.2 Å². The number of nitriles is 1. The van der Waals surface area contributed by atoms with Gasteiger partial charge < -0.3 is 10.4 Å². The minimum Gasteiger partial charge on any atom is -0.369 e. The number of pyridine rings is 2. The summed E-state index contributed by atoms with van der Waals surface area (Å²) < 4.78 is 0. The van der Waals surface area contributed by atoms with E-state index in [2.05, 4.69) is 44.7 Å². The predicted octanol–water partition coefficient (Wildman–Crippen LogP) is 3.42. The second kappa shape index (κ2) is 7.48. The third-order valence-electron chi connectivity index (χ3n) is 4.06. The zero-order valence-corrected chi connectivity index (χ0v) is 16.0. The first-order valence-electron chi connectivity index (χ1n) is 8.21. The minimum absolute atomic E-state index is 0.468. The molecule has 0 bridgehead atoms. The third kappa shape index (κ3) is 3.85. The highest BCUT2D eigenvalue weighted by Gasteiger charge is 2.24. The number of hydrogen-bond acceptors (Lipinski definition) is 7. The van der Waals surface area contributed by atoms with Gasteiger partial charge in [-0.15, -0.1) is 11.3 Å². The lowest BCUT2D eigenvalue weighted by molar-refractivity contribution is 0.210. The highest BCUT2D eigenvalue weighted by Crippen LogP contribution is 2.29. The lowest BCUT2D eigenvalue weighted by Gasteiger charge is -2.03. The summed E-state index contributed by atoms with van der Waals surface area (Å²) in [6, 6.07) is 9.54. The molecule has 1 atom stereocenters. The van der Waals surface area contributed by atoms with Gasteiger partial charge in [-0.1, -0.05) is 11.8 Å². The predicted molar refractivity (Wildman–Crippen MR) is 109 cm³/mol. The Bertz CT molecular complexity index is 1110. The molecule has 0 aromatic carbocycles. The Morgan fingerprint density at radius 3 is 3.04 bits per heavy atom. The fourth-order valence-electron chi connectivity index (χ4n) is 2.59. The molecule has 1 aliphatic rings. The fraction of sp³-hybridized carbons (Fsp3) is 0.158. The van der Waals surface area contributed by atoms with Crippen LogP contribution in [0.15, 0.2) is 45.7 Å². The van der Waals surface area contributed by atoms with E-state index < -0.39 is 6.23 Å². The van der Waals surface area contributed by atoms with Gasteiger partial charge in [-0.25, -0.2) is 4.98 Å². The second-order valence-electron chi connectivity index (χ2n) is 5.95. The van der Waals surface area contributed by atoms with Crippen LogP contribution in [0.1, 0.15) is 21.7 Å². The molecule has 4 heterocycles. The molecule has 3 aromatic heterocycles. The molecular weight excluding hydrogens is 378 g/mol. The van der Waals surface area contributed by atoms with Crippen molar-refractivity contribution in [3.63, 3.8) is 0 Å². The molecule has 0 aliphatic carbocycles. The van der Waals surface area contributed by atoms with Crippen molar-refractivity contribution in [3.05, 3.63) is 62.4 Å². The van der Waals surface area contributed by atoms with Crippen LogP contribution >= 0.6 is 23.1 Å². The van der Waals surface area contributed by atoms with Gasteiger partial charge in [0.15, 0.2) is 11.4 Å². The number of fused-ring (bicyclic) bond motifs is 1. The molecule has 4 rings (SSSR count). The second-order valence-corrected chi connectivity index (χ2v) is 8.02. The van der Waals surface area contributed by atoms with Crippen LogP contribution in [-0.2, 0) is 6.54 Å². The monoisotopic (exact) mass is 393 g/mol. The van der Waals surface area contributed by atoms with Crippen LogP contribution in [0.2, 0.25) is 0 Å². The summed E-state index contributed by atoms with van der Waals surface area (Å²) in [4.78, 5) is 15.2. The lowest BCUT2D eigenvalue weighted by Crippen LogP contribution is -2.25.